The first-order chi connectivity index (χ1) is 10.1. The van der Waals surface area contributed by atoms with Gasteiger partial charge in [-0.3, -0.25) is 9.59 Å². The predicted octanol–water partition coefficient (Wildman–Crippen LogP) is -1.20. The Kier molecular flexibility index (Phi) is 5.20. The maximum atomic E-state index is 12.2. The molecule has 1 saturated heterocycles. The second-order valence-corrected chi connectivity index (χ2v) is 5.33. The molecule has 0 unspecified atom stereocenters. The van der Waals surface area contributed by atoms with Gasteiger partial charge < -0.3 is 15.5 Å². The largest absolute Gasteiger partial charge is 0.347 e. The Morgan fingerprint density at radius 1 is 1.48 bits per heavy atom. The van der Waals surface area contributed by atoms with Gasteiger partial charge in [-0.1, -0.05) is 19.1 Å². The van der Waals surface area contributed by atoms with Gasteiger partial charge in [-0.15, -0.1) is 10.2 Å². The van der Waals surface area contributed by atoms with Gasteiger partial charge in [-0.2, -0.15) is 5.21 Å². The van der Waals surface area contributed by atoms with Crippen LogP contribution >= 0.6 is 0 Å². The first-order valence-electron chi connectivity index (χ1n) is 7.11. The van der Waals surface area contributed by atoms with Gasteiger partial charge in [-0.05, 0) is 12.8 Å². The van der Waals surface area contributed by atoms with Crippen LogP contribution in [0.2, 0.25) is 0 Å². The first-order valence-corrected chi connectivity index (χ1v) is 7.11. The molecule has 1 fully saturated rings. The number of carbonyl (C=O) groups excluding carboxylic acids is 2. The minimum absolute atomic E-state index is 0.0408. The van der Waals surface area contributed by atoms with Crippen molar-refractivity contribution >= 4 is 11.8 Å². The molecule has 9 nitrogen and oxygen atoms in total. The number of amides is 2. The zero-order chi connectivity index (χ0) is 15.2. The molecule has 1 aliphatic heterocycles. The third-order valence-electron chi connectivity index (χ3n) is 3.35. The number of carbonyl (C=O) groups is 2. The van der Waals surface area contributed by atoms with E-state index in [4.69, 9.17) is 0 Å². The van der Waals surface area contributed by atoms with Crippen LogP contribution < -0.4 is 10.6 Å². The normalized spacial score (nSPS) is 18.2. The van der Waals surface area contributed by atoms with E-state index in [0.717, 1.165) is 6.42 Å². The van der Waals surface area contributed by atoms with E-state index in [0.29, 0.717) is 18.8 Å². The second kappa shape index (κ2) is 7.11. The van der Waals surface area contributed by atoms with Crippen molar-refractivity contribution in [3.63, 3.8) is 0 Å². The van der Waals surface area contributed by atoms with Crippen molar-refractivity contribution in [2.24, 2.45) is 0 Å². The number of tetrazole rings is 1. The summed E-state index contributed by atoms with van der Waals surface area (Å²) in [6.07, 6.45) is 1.53. The number of rotatable bonds is 6. The topological polar surface area (TPSA) is 116 Å². The number of nitrogens with one attached hydrogen (secondary N) is 3. The van der Waals surface area contributed by atoms with Crippen molar-refractivity contribution in [1.29, 1.82) is 0 Å². The van der Waals surface area contributed by atoms with E-state index in [1.807, 2.05) is 13.8 Å². The van der Waals surface area contributed by atoms with Crippen molar-refractivity contribution in [3.8, 4) is 0 Å². The van der Waals surface area contributed by atoms with E-state index in [-0.39, 0.29) is 30.9 Å². The average Bonchev–Trinajstić information content (AvgIpc) is 3.12. The van der Waals surface area contributed by atoms with Crippen LogP contribution in [0.15, 0.2) is 0 Å². The highest BCUT2D eigenvalue weighted by molar-refractivity contribution is 5.88. The summed E-state index contributed by atoms with van der Waals surface area (Å²) in [5.74, 6) is 0.205. The molecule has 1 aliphatic rings. The quantitative estimate of drug-likeness (QED) is 0.607. The number of hydrogen-bond donors (Lipinski definition) is 3. The molecule has 2 amide bonds. The lowest BCUT2D eigenvalue weighted by molar-refractivity contribution is -0.137. The molecular formula is C12H21N7O2. The summed E-state index contributed by atoms with van der Waals surface area (Å²) >= 11 is 0. The van der Waals surface area contributed by atoms with Gasteiger partial charge in [0, 0.05) is 12.6 Å². The van der Waals surface area contributed by atoms with Gasteiger partial charge in [0.1, 0.15) is 6.04 Å². The van der Waals surface area contributed by atoms with Crippen molar-refractivity contribution in [1.82, 2.24) is 36.2 Å². The van der Waals surface area contributed by atoms with Crippen molar-refractivity contribution in [2.45, 2.75) is 45.3 Å². The molecule has 2 heterocycles. The number of likely N-dealkylation sites (tertiary alicyclic amines) is 1. The van der Waals surface area contributed by atoms with Gasteiger partial charge in [0.2, 0.25) is 11.8 Å². The van der Waals surface area contributed by atoms with Crippen LogP contribution in [-0.4, -0.2) is 62.5 Å². The van der Waals surface area contributed by atoms with E-state index >= 15 is 0 Å². The highest BCUT2D eigenvalue weighted by Crippen LogP contribution is 2.17. The van der Waals surface area contributed by atoms with Crippen LogP contribution in [0.25, 0.3) is 0 Å². The molecule has 3 N–H and O–H groups in total. The van der Waals surface area contributed by atoms with Gasteiger partial charge in [-0.25, -0.2) is 0 Å². The second-order valence-electron chi connectivity index (χ2n) is 5.33. The monoisotopic (exact) mass is 295 g/mol. The van der Waals surface area contributed by atoms with Crippen molar-refractivity contribution in [3.05, 3.63) is 5.82 Å². The van der Waals surface area contributed by atoms with Gasteiger partial charge in [0.15, 0.2) is 5.82 Å². The van der Waals surface area contributed by atoms with E-state index in [1.165, 1.54) is 0 Å². The van der Waals surface area contributed by atoms with Gasteiger partial charge >= 0.3 is 0 Å². The third kappa shape index (κ3) is 4.22. The molecule has 116 valence electrons. The summed E-state index contributed by atoms with van der Waals surface area (Å²) in [5.41, 5.74) is 0. The summed E-state index contributed by atoms with van der Waals surface area (Å²) in [6.45, 7) is 5.04. The summed E-state index contributed by atoms with van der Waals surface area (Å²) in [7, 11) is 0. The minimum Gasteiger partial charge on any atom is -0.347 e. The number of nitrogens with zero attached hydrogens (tertiary/aromatic N) is 4. The lowest BCUT2D eigenvalue weighted by Crippen LogP contribution is -2.48. The van der Waals surface area contributed by atoms with Crippen LogP contribution in [0.5, 0.6) is 0 Å². The van der Waals surface area contributed by atoms with Gasteiger partial charge in [0.05, 0.1) is 13.1 Å². The molecule has 1 atom stereocenters. The highest BCUT2D eigenvalue weighted by Gasteiger charge is 2.33. The average molecular weight is 295 g/mol. The molecule has 0 aliphatic carbocycles. The summed E-state index contributed by atoms with van der Waals surface area (Å²) < 4.78 is 0. The van der Waals surface area contributed by atoms with E-state index in [1.54, 1.807) is 4.90 Å². The van der Waals surface area contributed by atoms with Crippen molar-refractivity contribution in [2.75, 3.05) is 13.1 Å². The summed E-state index contributed by atoms with van der Waals surface area (Å²) in [4.78, 5) is 26.0. The molecule has 2 rings (SSSR count). The molecule has 0 bridgehead atoms. The summed E-state index contributed by atoms with van der Waals surface area (Å²) in [6, 6.07) is -0.166. The fourth-order valence-corrected chi connectivity index (χ4v) is 2.27. The number of H-pyrrole nitrogens is 1. The molecule has 21 heavy (non-hydrogen) atoms. The number of hydrogen-bond acceptors (Lipinski definition) is 6. The van der Waals surface area contributed by atoms with Crippen molar-refractivity contribution < 1.29 is 9.59 Å². The lowest BCUT2D eigenvalue weighted by atomic mass is 10.2. The maximum Gasteiger partial charge on any atom is 0.243 e. The Balaban J connectivity index is 1.85. The van der Waals surface area contributed by atoms with Crippen LogP contribution in [0.1, 0.15) is 32.5 Å². The lowest BCUT2D eigenvalue weighted by Gasteiger charge is -2.24. The van der Waals surface area contributed by atoms with E-state index < -0.39 is 6.04 Å². The molecule has 0 aromatic carbocycles. The number of aromatic nitrogens is 4. The Bertz CT molecular complexity index is 474. The Labute approximate surface area is 122 Å². The minimum atomic E-state index is -0.404. The van der Waals surface area contributed by atoms with Crippen LogP contribution in [-0.2, 0) is 16.1 Å². The maximum absolute atomic E-state index is 12.2. The molecule has 0 radical (unpaired) electrons. The predicted molar refractivity (Wildman–Crippen MR) is 73.9 cm³/mol. The van der Waals surface area contributed by atoms with Crippen LogP contribution in [0.4, 0.5) is 0 Å². The van der Waals surface area contributed by atoms with Crippen LogP contribution in [0, 0.1) is 0 Å². The van der Waals surface area contributed by atoms with E-state index in [2.05, 4.69) is 31.3 Å². The van der Waals surface area contributed by atoms with Crippen LogP contribution in [0.3, 0.4) is 0 Å². The molecule has 0 spiro atoms. The Morgan fingerprint density at radius 3 is 2.95 bits per heavy atom. The zero-order valence-corrected chi connectivity index (χ0v) is 12.3. The number of aromatic amines is 1. The fraction of sp³-hybridized carbons (Fsp3) is 0.750. The Hall–Kier alpha value is -2.03. The zero-order valence-electron chi connectivity index (χ0n) is 12.3. The third-order valence-corrected chi connectivity index (χ3v) is 3.35. The molecular weight excluding hydrogens is 274 g/mol. The highest BCUT2D eigenvalue weighted by atomic mass is 16.2. The molecule has 9 heteroatoms. The fourth-order valence-electron chi connectivity index (χ4n) is 2.27. The summed E-state index contributed by atoms with van der Waals surface area (Å²) in [5, 5.41) is 19.1. The standard InChI is InChI=1S/C12H21N7O2/c1-8(2)13-7-11(20)19-5-3-4-9(19)12(21)14-6-10-15-17-18-16-10/h8-9,13H,3-7H2,1-2H3,(H,14,21)(H,15,16,17,18)/t9-/m0/s1. The smallest absolute Gasteiger partial charge is 0.243 e. The van der Waals surface area contributed by atoms with E-state index in [9.17, 15) is 9.59 Å². The Morgan fingerprint density at radius 2 is 2.29 bits per heavy atom. The van der Waals surface area contributed by atoms with Gasteiger partial charge in [0.25, 0.3) is 0 Å². The molecule has 1 aromatic heterocycles. The molecule has 1 aromatic rings. The molecule has 0 saturated carbocycles. The SMILES string of the molecule is CC(C)NCC(=O)N1CCC[C@H]1C(=O)NCc1nn[nH]n1. The first kappa shape index (κ1) is 15.4.